The Kier molecular flexibility index (Phi) is 3.96. The number of ether oxygens (including phenoxy) is 1. The van der Waals surface area contributed by atoms with Gasteiger partial charge in [-0.05, 0) is 27.9 Å². The Morgan fingerprint density at radius 1 is 1.58 bits per heavy atom. The van der Waals surface area contributed by atoms with Crippen LogP contribution in [0.1, 0.15) is 13.8 Å². The average molecular weight is 171 g/mol. The predicted molar refractivity (Wildman–Crippen MR) is 48.9 cm³/mol. The Hall–Kier alpha value is -0.830. The van der Waals surface area contributed by atoms with Gasteiger partial charge in [0, 0.05) is 12.6 Å². The molecule has 12 heavy (non-hydrogen) atoms. The lowest BCUT2D eigenvalue weighted by Crippen LogP contribution is -2.38. The third-order valence-corrected chi connectivity index (χ3v) is 1.24. The minimum absolute atomic E-state index is 0.373. The molecule has 0 saturated carbocycles. The summed E-state index contributed by atoms with van der Waals surface area (Å²) in [6.45, 7) is 7.78. The number of esters is 1. The molecular formula is C9H17NO2. The van der Waals surface area contributed by atoms with E-state index >= 15 is 0 Å². The largest absolute Gasteiger partial charge is 0.455 e. The number of nitrogens with zero attached hydrogens (tertiary/aromatic N) is 1. The van der Waals surface area contributed by atoms with Crippen LogP contribution in [-0.4, -0.2) is 37.1 Å². The van der Waals surface area contributed by atoms with E-state index < -0.39 is 5.60 Å². The molecule has 0 radical (unpaired) electrons. The summed E-state index contributed by atoms with van der Waals surface area (Å²) in [4.78, 5) is 12.8. The van der Waals surface area contributed by atoms with Gasteiger partial charge in [0.2, 0.25) is 0 Å². The van der Waals surface area contributed by atoms with Crippen molar-refractivity contribution in [2.24, 2.45) is 0 Å². The molecule has 0 fully saturated rings. The first kappa shape index (κ1) is 11.2. The number of hydrogen-bond donors (Lipinski definition) is 0. The van der Waals surface area contributed by atoms with Crippen molar-refractivity contribution >= 4 is 5.97 Å². The van der Waals surface area contributed by atoms with E-state index in [4.69, 9.17) is 4.74 Å². The van der Waals surface area contributed by atoms with Gasteiger partial charge in [0.1, 0.15) is 5.60 Å². The molecule has 0 aliphatic carbocycles. The van der Waals surface area contributed by atoms with E-state index in [1.165, 1.54) is 6.08 Å². The van der Waals surface area contributed by atoms with Crippen LogP contribution in [-0.2, 0) is 9.53 Å². The Balaban J connectivity index is 4.02. The summed E-state index contributed by atoms with van der Waals surface area (Å²) < 4.78 is 5.10. The lowest BCUT2D eigenvalue weighted by Gasteiger charge is -2.27. The molecule has 0 amide bonds. The zero-order valence-corrected chi connectivity index (χ0v) is 8.26. The highest BCUT2D eigenvalue weighted by atomic mass is 16.6. The van der Waals surface area contributed by atoms with Crippen LogP contribution in [0.4, 0.5) is 0 Å². The molecule has 0 aromatic heterocycles. The molecule has 0 N–H and O–H groups in total. The average Bonchev–Trinajstić information content (AvgIpc) is 1.83. The van der Waals surface area contributed by atoms with E-state index in [0.29, 0.717) is 6.54 Å². The van der Waals surface area contributed by atoms with Crippen molar-refractivity contribution < 1.29 is 9.53 Å². The summed E-state index contributed by atoms with van der Waals surface area (Å²) in [5.74, 6) is -0.373. The fourth-order valence-corrected chi connectivity index (χ4v) is 1.11. The number of carbonyl (C=O) groups is 1. The molecule has 3 nitrogen and oxygen atoms in total. The van der Waals surface area contributed by atoms with Crippen LogP contribution in [0.3, 0.4) is 0 Å². The number of rotatable bonds is 4. The van der Waals surface area contributed by atoms with Gasteiger partial charge in [-0.1, -0.05) is 6.58 Å². The normalized spacial score (nSPS) is 11.4. The van der Waals surface area contributed by atoms with E-state index in [1.807, 2.05) is 32.8 Å². The fourth-order valence-electron chi connectivity index (χ4n) is 1.11. The fraction of sp³-hybridized carbons (Fsp3) is 0.667. The van der Waals surface area contributed by atoms with Gasteiger partial charge in [-0.3, -0.25) is 0 Å². The summed E-state index contributed by atoms with van der Waals surface area (Å²) in [5.41, 5.74) is -0.450. The van der Waals surface area contributed by atoms with Crippen molar-refractivity contribution in [1.29, 1.82) is 0 Å². The molecule has 0 saturated heterocycles. The molecule has 0 heterocycles. The van der Waals surface area contributed by atoms with Gasteiger partial charge in [-0.15, -0.1) is 0 Å². The second-order valence-electron chi connectivity index (χ2n) is 3.62. The molecule has 70 valence electrons. The van der Waals surface area contributed by atoms with Crippen molar-refractivity contribution in [2.45, 2.75) is 19.4 Å². The van der Waals surface area contributed by atoms with E-state index in [1.54, 1.807) is 0 Å². The van der Waals surface area contributed by atoms with Crippen molar-refractivity contribution in [3.05, 3.63) is 12.7 Å². The summed E-state index contributed by atoms with van der Waals surface area (Å²) in [5, 5.41) is 0. The monoisotopic (exact) mass is 171 g/mol. The first-order chi connectivity index (χ1) is 5.37. The van der Waals surface area contributed by atoms with Gasteiger partial charge in [-0.25, -0.2) is 4.79 Å². The quantitative estimate of drug-likeness (QED) is 0.468. The Morgan fingerprint density at radius 2 is 2.08 bits per heavy atom. The highest BCUT2D eigenvalue weighted by Crippen LogP contribution is 2.10. The third-order valence-electron chi connectivity index (χ3n) is 1.24. The van der Waals surface area contributed by atoms with Crippen molar-refractivity contribution in [2.75, 3.05) is 20.6 Å². The van der Waals surface area contributed by atoms with Crippen LogP contribution >= 0.6 is 0 Å². The lowest BCUT2D eigenvalue weighted by molar-refractivity contribution is -0.151. The molecule has 0 aromatic rings. The minimum atomic E-state index is -0.450. The molecule has 3 heteroatoms. The molecule has 0 unspecified atom stereocenters. The zero-order valence-electron chi connectivity index (χ0n) is 8.26. The van der Waals surface area contributed by atoms with Crippen LogP contribution in [0.2, 0.25) is 0 Å². The molecular weight excluding hydrogens is 154 g/mol. The van der Waals surface area contributed by atoms with Crippen LogP contribution in [0.5, 0.6) is 0 Å². The molecule has 0 rings (SSSR count). The summed E-state index contributed by atoms with van der Waals surface area (Å²) in [6, 6.07) is 0. The summed E-state index contributed by atoms with van der Waals surface area (Å²) in [6.07, 6.45) is 1.18. The second kappa shape index (κ2) is 4.26. The van der Waals surface area contributed by atoms with Crippen LogP contribution < -0.4 is 0 Å². The van der Waals surface area contributed by atoms with Gasteiger partial charge >= 0.3 is 5.97 Å². The van der Waals surface area contributed by atoms with Gasteiger partial charge in [-0.2, -0.15) is 0 Å². The first-order valence-corrected chi connectivity index (χ1v) is 3.87. The maximum atomic E-state index is 10.9. The summed E-state index contributed by atoms with van der Waals surface area (Å²) >= 11 is 0. The standard InChI is InChI=1S/C9H17NO2/c1-6-8(11)12-9(2,3)7-10(4)5/h6H,1,7H2,2-5H3. The van der Waals surface area contributed by atoms with Crippen LogP contribution in [0, 0.1) is 0 Å². The van der Waals surface area contributed by atoms with E-state index in [0.717, 1.165) is 0 Å². The molecule has 0 aromatic carbocycles. The number of likely N-dealkylation sites (N-methyl/N-ethyl adjacent to an activating group) is 1. The molecule has 0 bridgehead atoms. The molecule has 0 aliphatic heterocycles. The smallest absolute Gasteiger partial charge is 0.330 e. The third kappa shape index (κ3) is 4.91. The van der Waals surface area contributed by atoms with E-state index in [2.05, 4.69) is 6.58 Å². The van der Waals surface area contributed by atoms with Crippen molar-refractivity contribution in [3.63, 3.8) is 0 Å². The minimum Gasteiger partial charge on any atom is -0.455 e. The van der Waals surface area contributed by atoms with Crippen molar-refractivity contribution in [3.8, 4) is 0 Å². The summed E-state index contributed by atoms with van der Waals surface area (Å²) in [7, 11) is 3.87. The molecule has 0 aliphatic rings. The highest BCUT2D eigenvalue weighted by molar-refractivity contribution is 5.81. The Bertz CT molecular complexity index is 173. The van der Waals surface area contributed by atoms with E-state index in [-0.39, 0.29) is 5.97 Å². The SMILES string of the molecule is C=CC(=O)OC(C)(C)CN(C)C. The van der Waals surface area contributed by atoms with Gasteiger partial charge in [0.25, 0.3) is 0 Å². The van der Waals surface area contributed by atoms with Crippen molar-refractivity contribution in [1.82, 2.24) is 4.90 Å². The highest BCUT2D eigenvalue weighted by Gasteiger charge is 2.22. The Morgan fingerprint density at radius 3 is 2.42 bits per heavy atom. The first-order valence-electron chi connectivity index (χ1n) is 3.87. The molecule has 0 spiro atoms. The zero-order chi connectivity index (χ0) is 9.78. The molecule has 0 atom stereocenters. The van der Waals surface area contributed by atoms with Crippen LogP contribution in [0.15, 0.2) is 12.7 Å². The maximum absolute atomic E-state index is 10.9. The van der Waals surface area contributed by atoms with Gasteiger partial charge in [0.05, 0.1) is 0 Å². The van der Waals surface area contributed by atoms with Gasteiger partial charge in [0.15, 0.2) is 0 Å². The number of carbonyl (C=O) groups excluding carboxylic acids is 1. The predicted octanol–water partition coefficient (Wildman–Crippen LogP) is 1.06. The Labute approximate surface area is 74.0 Å². The van der Waals surface area contributed by atoms with Gasteiger partial charge < -0.3 is 9.64 Å². The topological polar surface area (TPSA) is 29.5 Å². The second-order valence-corrected chi connectivity index (χ2v) is 3.62. The van der Waals surface area contributed by atoms with E-state index in [9.17, 15) is 4.79 Å². The van der Waals surface area contributed by atoms with Crippen LogP contribution in [0.25, 0.3) is 0 Å². The number of hydrogen-bond acceptors (Lipinski definition) is 3. The lowest BCUT2D eigenvalue weighted by atomic mass is 10.1. The maximum Gasteiger partial charge on any atom is 0.330 e.